The summed E-state index contributed by atoms with van der Waals surface area (Å²) in [5.74, 6) is 1.34. The maximum Gasteiger partial charge on any atom is 0.276 e. The van der Waals surface area contributed by atoms with Gasteiger partial charge < -0.3 is 14.8 Å². The number of carbonyl (C=O) groups is 1. The van der Waals surface area contributed by atoms with E-state index < -0.39 is 0 Å². The molecule has 0 spiro atoms. The first-order chi connectivity index (χ1) is 12.5. The number of rotatable bonds is 5. The number of hydrogen-bond acceptors (Lipinski definition) is 4. The van der Waals surface area contributed by atoms with E-state index in [2.05, 4.69) is 27.9 Å². The fourth-order valence-corrected chi connectivity index (χ4v) is 4.62. The monoisotopic (exact) mass is 486 g/mol. The summed E-state index contributed by atoms with van der Waals surface area (Å²) in [4.78, 5) is 14.6. The Bertz CT molecular complexity index is 745. The van der Waals surface area contributed by atoms with Crippen LogP contribution in [0, 0.1) is 3.57 Å². The van der Waals surface area contributed by atoms with Crippen molar-refractivity contribution in [1.82, 2.24) is 10.2 Å². The fourth-order valence-electron chi connectivity index (χ4n) is 3.49. The average molecular weight is 486 g/mol. The molecule has 3 rings (SSSR count). The summed E-state index contributed by atoms with van der Waals surface area (Å²) >= 11 is 7.65. The van der Waals surface area contributed by atoms with Gasteiger partial charge in [0, 0.05) is 6.04 Å². The molecule has 2 aliphatic rings. The van der Waals surface area contributed by atoms with Crippen molar-refractivity contribution >= 4 is 51.9 Å². The summed E-state index contributed by atoms with van der Waals surface area (Å²) in [6.07, 6.45) is 7.43. The lowest BCUT2D eigenvalue weighted by Crippen LogP contribution is -2.41. The Morgan fingerprint density at radius 2 is 2.08 bits per heavy atom. The molecule has 1 aliphatic carbocycles. The molecule has 0 bridgehead atoms. The van der Waals surface area contributed by atoms with E-state index in [1.807, 2.05) is 25.1 Å². The van der Waals surface area contributed by atoms with Crippen molar-refractivity contribution in [3.05, 3.63) is 27.0 Å². The van der Waals surface area contributed by atoms with Gasteiger partial charge in [-0.25, -0.2) is 0 Å². The van der Waals surface area contributed by atoms with E-state index in [1.54, 1.807) is 12.0 Å². The molecule has 0 atom stereocenters. The highest BCUT2D eigenvalue weighted by atomic mass is 127. The van der Waals surface area contributed by atoms with E-state index in [0.717, 1.165) is 40.6 Å². The number of hydrogen-bond donors (Lipinski definition) is 1. The lowest BCUT2D eigenvalue weighted by Gasteiger charge is -2.29. The maximum absolute atomic E-state index is 12.9. The predicted octanol–water partition coefficient (Wildman–Crippen LogP) is 4.09. The number of halogens is 1. The Hall–Kier alpha value is -1.35. The van der Waals surface area contributed by atoms with Crippen molar-refractivity contribution in [2.75, 3.05) is 13.7 Å². The van der Waals surface area contributed by atoms with Crippen molar-refractivity contribution in [3.8, 4) is 11.5 Å². The highest BCUT2D eigenvalue weighted by molar-refractivity contribution is 14.1. The third-order valence-electron chi connectivity index (χ3n) is 4.70. The quantitative estimate of drug-likeness (QED) is 0.386. The van der Waals surface area contributed by atoms with Crippen LogP contribution in [0.4, 0.5) is 0 Å². The SMILES string of the molecule is CCOc1c(I)cc(/C=C2\NC(=S)N(C3CCCCC3)C2=O)cc1OC. The summed E-state index contributed by atoms with van der Waals surface area (Å²) in [6, 6.07) is 4.07. The van der Waals surface area contributed by atoms with Crippen LogP contribution >= 0.6 is 34.8 Å². The molecule has 1 aromatic carbocycles. The number of thiocarbonyl (C=S) groups is 1. The molecular formula is C19H23IN2O3S. The summed E-state index contributed by atoms with van der Waals surface area (Å²) in [5.41, 5.74) is 1.39. The molecule has 140 valence electrons. The van der Waals surface area contributed by atoms with Gasteiger partial charge in [-0.15, -0.1) is 0 Å². The van der Waals surface area contributed by atoms with Crippen LogP contribution in [0.5, 0.6) is 11.5 Å². The van der Waals surface area contributed by atoms with Crippen molar-refractivity contribution in [2.24, 2.45) is 0 Å². The molecule has 0 aromatic heterocycles. The Morgan fingerprint density at radius 1 is 1.35 bits per heavy atom. The van der Waals surface area contributed by atoms with Gasteiger partial charge in [0.15, 0.2) is 16.6 Å². The molecule has 1 aromatic rings. The number of amides is 1. The Kier molecular flexibility index (Phi) is 6.39. The summed E-state index contributed by atoms with van der Waals surface area (Å²) in [6.45, 7) is 2.50. The first-order valence-corrected chi connectivity index (χ1v) is 10.4. The van der Waals surface area contributed by atoms with Crippen LogP contribution in [0.2, 0.25) is 0 Å². The van der Waals surface area contributed by atoms with Crippen LogP contribution in [0.15, 0.2) is 17.8 Å². The standard InChI is InChI=1S/C19H23IN2O3S/c1-3-25-17-14(20)9-12(11-16(17)24-2)10-15-18(23)22(19(26)21-15)13-7-5-4-6-8-13/h9-11,13H,3-8H2,1-2H3,(H,21,26)/b15-10-. The van der Waals surface area contributed by atoms with E-state index in [4.69, 9.17) is 21.7 Å². The van der Waals surface area contributed by atoms with Crippen LogP contribution in [-0.2, 0) is 4.79 Å². The normalized spacial score (nSPS) is 19.8. The highest BCUT2D eigenvalue weighted by Crippen LogP contribution is 2.35. The predicted molar refractivity (Wildman–Crippen MR) is 114 cm³/mol. The van der Waals surface area contributed by atoms with Gasteiger partial charge in [-0.05, 0) is 78.3 Å². The van der Waals surface area contributed by atoms with Gasteiger partial charge in [0.1, 0.15) is 5.70 Å². The Labute approximate surface area is 173 Å². The molecule has 0 unspecified atom stereocenters. The third-order valence-corrected chi connectivity index (χ3v) is 5.80. The van der Waals surface area contributed by atoms with Crippen molar-refractivity contribution in [3.63, 3.8) is 0 Å². The molecule has 1 saturated carbocycles. The summed E-state index contributed by atoms with van der Waals surface area (Å²) in [7, 11) is 1.61. The summed E-state index contributed by atoms with van der Waals surface area (Å²) < 4.78 is 12.0. The first kappa shape index (κ1) is 19.4. The second-order valence-electron chi connectivity index (χ2n) is 6.42. The molecule has 5 nitrogen and oxygen atoms in total. The lowest BCUT2D eigenvalue weighted by molar-refractivity contribution is -0.124. The number of carbonyl (C=O) groups excluding carboxylic acids is 1. The minimum Gasteiger partial charge on any atom is -0.493 e. The molecular weight excluding hydrogens is 463 g/mol. The maximum atomic E-state index is 12.9. The first-order valence-electron chi connectivity index (χ1n) is 8.91. The minimum absolute atomic E-state index is 0.0373. The minimum atomic E-state index is -0.0373. The van der Waals surface area contributed by atoms with E-state index in [-0.39, 0.29) is 11.9 Å². The van der Waals surface area contributed by atoms with Gasteiger partial charge in [-0.3, -0.25) is 9.69 Å². The smallest absolute Gasteiger partial charge is 0.276 e. The Balaban J connectivity index is 1.87. The Morgan fingerprint density at radius 3 is 2.73 bits per heavy atom. The zero-order chi connectivity index (χ0) is 18.7. The van der Waals surface area contributed by atoms with Crippen molar-refractivity contribution in [2.45, 2.75) is 45.1 Å². The zero-order valence-electron chi connectivity index (χ0n) is 15.0. The number of nitrogens with one attached hydrogen (secondary N) is 1. The number of nitrogens with zero attached hydrogens (tertiary/aromatic N) is 1. The fraction of sp³-hybridized carbons (Fsp3) is 0.474. The molecule has 1 amide bonds. The van der Waals surface area contributed by atoms with Crippen molar-refractivity contribution < 1.29 is 14.3 Å². The van der Waals surface area contributed by atoms with Gasteiger partial charge in [0.2, 0.25) is 0 Å². The molecule has 7 heteroatoms. The highest BCUT2D eigenvalue weighted by Gasteiger charge is 2.36. The molecule has 2 fully saturated rings. The second-order valence-corrected chi connectivity index (χ2v) is 7.97. The number of benzene rings is 1. The molecule has 1 aliphatic heterocycles. The zero-order valence-corrected chi connectivity index (χ0v) is 18.0. The van der Waals surface area contributed by atoms with Gasteiger partial charge >= 0.3 is 0 Å². The topological polar surface area (TPSA) is 50.8 Å². The van der Waals surface area contributed by atoms with Gasteiger partial charge in [0.25, 0.3) is 5.91 Å². The average Bonchev–Trinajstić information content (AvgIpc) is 2.91. The van der Waals surface area contributed by atoms with Crippen LogP contribution in [0.3, 0.4) is 0 Å². The molecule has 1 saturated heterocycles. The largest absolute Gasteiger partial charge is 0.493 e. The second kappa shape index (κ2) is 8.56. The van der Waals surface area contributed by atoms with E-state index >= 15 is 0 Å². The van der Waals surface area contributed by atoms with Crippen molar-refractivity contribution in [1.29, 1.82) is 0 Å². The van der Waals surface area contributed by atoms with Crippen LogP contribution in [-0.4, -0.2) is 35.7 Å². The van der Waals surface area contributed by atoms with Gasteiger partial charge in [0.05, 0.1) is 17.3 Å². The molecule has 1 heterocycles. The van der Waals surface area contributed by atoms with Crippen LogP contribution in [0.1, 0.15) is 44.6 Å². The van der Waals surface area contributed by atoms with E-state index in [9.17, 15) is 4.79 Å². The lowest BCUT2D eigenvalue weighted by atomic mass is 9.94. The van der Waals surface area contributed by atoms with Gasteiger partial charge in [-0.2, -0.15) is 0 Å². The van der Waals surface area contributed by atoms with Crippen LogP contribution < -0.4 is 14.8 Å². The summed E-state index contributed by atoms with van der Waals surface area (Å²) in [5, 5.41) is 3.61. The number of ether oxygens (including phenoxy) is 2. The molecule has 1 N–H and O–H groups in total. The van der Waals surface area contributed by atoms with E-state index in [1.165, 1.54) is 6.42 Å². The number of methoxy groups -OCH3 is 1. The molecule has 26 heavy (non-hydrogen) atoms. The third kappa shape index (κ3) is 3.98. The van der Waals surface area contributed by atoms with E-state index in [0.29, 0.717) is 23.2 Å². The molecule has 0 radical (unpaired) electrons. The van der Waals surface area contributed by atoms with Gasteiger partial charge in [-0.1, -0.05) is 19.3 Å². The van der Waals surface area contributed by atoms with Crippen LogP contribution in [0.25, 0.3) is 6.08 Å².